The highest BCUT2D eigenvalue weighted by atomic mass is 32.2. The zero-order valence-corrected chi connectivity index (χ0v) is 12.3. The summed E-state index contributed by atoms with van der Waals surface area (Å²) >= 11 is 3.26. The third-order valence-electron chi connectivity index (χ3n) is 3.07. The zero-order valence-electron chi connectivity index (χ0n) is 10.7. The van der Waals surface area contributed by atoms with E-state index in [2.05, 4.69) is 11.9 Å². The Bertz CT molecular complexity index is 427. The zero-order chi connectivity index (χ0) is 13.2. The molecular weight excluding hydrogens is 268 g/mol. The van der Waals surface area contributed by atoms with Gasteiger partial charge in [0.15, 0.2) is 5.60 Å². The minimum Gasteiger partial charge on any atom is -0.379 e. The maximum Gasteiger partial charge on any atom is 0.255 e. The number of rotatable bonds is 4. The second-order valence-corrected chi connectivity index (χ2v) is 6.87. The van der Waals surface area contributed by atoms with Crippen molar-refractivity contribution in [3.05, 3.63) is 16.1 Å². The third kappa shape index (κ3) is 2.87. The Balaban J connectivity index is 1.98. The molecular formula is C12H18N2O2S2. The third-order valence-corrected chi connectivity index (χ3v) is 5.37. The van der Waals surface area contributed by atoms with Gasteiger partial charge in [-0.3, -0.25) is 4.79 Å². The van der Waals surface area contributed by atoms with E-state index in [0.717, 1.165) is 17.2 Å². The molecule has 2 rings (SSSR count). The fourth-order valence-electron chi connectivity index (χ4n) is 1.94. The van der Waals surface area contributed by atoms with Gasteiger partial charge in [-0.25, -0.2) is 4.98 Å². The number of aromatic nitrogens is 1. The molecule has 1 aromatic heterocycles. The van der Waals surface area contributed by atoms with Crippen molar-refractivity contribution in [3.8, 4) is 0 Å². The smallest absolute Gasteiger partial charge is 0.255 e. The van der Waals surface area contributed by atoms with E-state index in [4.69, 9.17) is 0 Å². The van der Waals surface area contributed by atoms with Gasteiger partial charge in [0.2, 0.25) is 0 Å². The van der Waals surface area contributed by atoms with Crippen LogP contribution < -0.4 is 0 Å². The molecule has 1 aliphatic rings. The summed E-state index contributed by atoms with van der Waals surface area (Å²) in [5.74, 6) is 1.18. The highest BCUT2D eigenvalue weighted by Gasteiger charge is 2.41. The van der Waals surface area contributed by atoms with Gasteiger partial charge in [0, 0.05) is 23.9 Å². The van der Waals surface area contributed by atoms with Gasteiger partial charge in [-0.15, -0.1) is 11.3 Å². The summed E-state index contributed by atoms with van der Waals surface area (Å²) in [6.07, 6.45) is 3.38. The fourth-order valence-corrected chi connectivity index (χ4v) is 4.09. The molecule has 1 aromatic rings. The van der Waals surface area contributed by atoms with Gasteiger partial charge in [0.25, 0.3) is 5.91 Å². The molecule has 0 saturated carbocycles. The van der Waals surface area contributed by atoms with Crippen LogP contribution in [-0.2, 0) is 17.8 Å². The Hall–Kier alpha value is -0.590. The van der Waals surface area contributed by atoms with Gasteiger partial charge in [-0.2, -0.15) is 11.8 Å². The molecule has 2 heterocycles. The Morgan fingerprint density at radius 3 is 3.00 bits per heavy atom. The number of carbonyl (C=O) groups is 1. The van der Waals surface area contributed by atoms with Crippen LogP contribution in [0.5, 0.6) is 0 Å². The number of thiazole rings is 1. The van der Waals surface area contributed by atoms with E-state index < -0.39 is 5.60 Å². The number of amides is 1. The first-order valence-corrected chi connectivity index (χ1v) is 8.01. The van der Waals surface area contributed by atoms with E-state index in [9.17, 15) is 9.90 Å². The van der Waals surface area contributed by atoms with Crippen molar-refractivity contribution in [2.75, 3.05) is 18.6 Å². The normalized spacial score (nSPS) is 23.3. The molecule has 1 N–H and O–H groups in total. The van der Waals surface area contributed by atoms with Crippen LogP contribution in [0, 0.1) is 0 Å². The molecule has 1 unspecified atom stereocenters. The van der Waals surface area contributed by atoms with Gasteiger partial charge in [0.1, 0.15) is 5.01 Å². The van der Waals surface area contributed by atoms with Crippen LogP contribution in [0.2, 0.25) is 0 Å². The Morgan fingerprint density at radius 1 is 1.67 bits per heavy atom. The second kappa shape index (κ2) is 5.59. The molecule has 4 nitrogen and oxygen atoms in total. The van der Waals surface area contributed by atoms with Gasteiger partial charge >= 0.3 is 0 Å². The fraction of sp³-hybridized carbons (Fsp3) is 0.667. The highest BCUT2D eigenvalue weighted by molar-refractivity contribution is 7.99. The van der Waals surface area contributed by atoms with Crippen LogP contribution in [0.15, 0.2) is 6.20 Å². The quantitative estimate of drug-likeness (QED) is 0.912. The maximum atomic E-state index is 12.2. The van der Waals surface area contributed by atoms with Gasteiger partial charge in [-0.1, -0.05) is 6.92 Å². The molecule has 0 radical (unpaired) electrons. The maximum absolute atomic E-state index is 12.2. The number of aryl methyl sites for hydroxylation is 1. The molecule has 0 spiro atoms. The predicted molar refractivity (Wildman–Crippen MR) is 74.9 cm³/mol. The number of hydrogen-bond acceptors (Lipinski definition) is 5. The van der Waals surface area contributed by atoms with E-state index >= 15 is 0 Å². The molecule has 100 valence electrons. The summed E-state index contributed by atoms with van der Waals surface area (Å²) in [6.45, 7) is 2.57. The monoisotopic (exact) mass is 286 g/mol. The number of nitrogens with zero attached hydrogens (tertiary/aromatic N) is 2. The van der Waals surface area contributed by atoms with Crippen LogP contribution in [0.25, 0.3) is 0 Å². The van der Waals surface area contributed by atoms with E-state index in [0.29, 0.717) is 18.7 Å². The van der Waals surface area contributed by atoms with Crippen molar-refractivity contribution in [2.45, 2.75) is 31.9 Å². The summed E-state index contributed by atoms with van der Waals surface area (Å²) in [5, 5.41) is 11.2. The van der Waals surface area contributed by atoms with Crippen molar-refractivity contribution < 1.29 is 9.90 Å². The topological polar surface area (TPSA) is 53.4 Å². The molecule has 1 fully saturated rings. The first-order chi connectivity index (χ1) is 8.55. The lowest BCUT2D eigenvalue weighted by molar-refractivity contribution is -0.147. The molecule has 0 aliphatic carbocycles. The number of thioether (sulfide) groups is 1. The summed E-state index contributed by atoms with van der Waals surface area (Å²) in [7, 11) is 1.73. The van der Waals surface area contributed by atoms with Crippen LogP contribution in [-0.4, -0.2) is 45.1 Å². The lowest BCUT2D eigenvalue weighted by Crippen LogP contribution is -2.47. The molecule has 1 aliphatic heterocycles. The Kier molecular flexibility index (Phi) is 4.29. The number of carbonyl (C=O) groups excluding carboxylic acids is 1. The lowest BCUT2D eigenvalue weighted by Gasteiger charge is -2.26. The van der Waals surface area contributed by atoms with Crippen LogP contribution in [0.3, 0.4) is 0 Å². The van der Waals surface area contributed by atoms with E-state index in [1.165, 1.54) is 4.88 Å². The highest BCUT2D eigenvalue weighted by Crippen LogP contribution is 2.29. The summed E-state index contributed by atoms with van der Waals surface area (Å²) in [5.41, 5.74) is -1.16. The molecule has 1 saturated heterocycles. The molecule has 0 bridgehead atoms. The van der Waals surface area contributed by atoms with Crippen molar-refractivity contribution in [2.24, 2.45) is 0 Å². The first-order valence-electron chi connectivity index (χ1n) is 6.04. The average molecular weight is 286 g/mol. The van der Waals surface area contributed by atoms with E-state index in [1.54, 1.807) is 35.0 Å². The van der Waals surface area contributed by atoms with Gasteiger partial charge in [-0.05, 0) is 18.6 Å². The summed E-state index contributed by atoms with van der Waals surface area (Å²) in [6, 6.07) is 0. The van der Waals surface area contributed by atoms with Crippen LogP contribution in [0.1, 0.15) is 23.2 Å². The van der Waals surface area contributed by atoms with Crippen molar-refractivity contribution >= 4 is 29.0 Å². The van der Waals surface area contributed by atoms with Gasteiger partial charge in [0.05, 0.1) is 6.54 Å². The molecule has 6 heteroatoms. The van der Waals surface area contributed by atoms with Crippen molar-refractivity contribution in [1.29, 1.82) is 0 Å². The molecule has 1 amide bonds. The minimum atomic E-state index is -1.16. The van der Waals surface area contributed by atoms with Crippen LogP contribution in [0.4, 0.5) is 0 Å². The predicted octanol–water partition coefficient (Wildman–Crippen LogP) is 1.53. The first kappa shape index (κ1) is 13.8. The second-order valence-electron chi connectivity index (χ2n) is 4.57. The van der Waals surface area contributed by atoms with Crippen LogP contribution >= 0.6 is 23.1 Å². The van der Waals surface area contributed by atoms with Gasteiger partial charge < -0.3 is 10.0 Å². The number of likely N-dealkylation sites (N-methyl/N-ethyl adjacent to an activating group) is 1. The number of aliphatic hydroxyl groups is 1. The molecule has 18 heavy (non-hydrogen) atoms. The van der Waals surface area contributed by atoms with Crippen molar-refractivity contribution in [3.63, 3.8) is 0 Å². The van der Waals surface area contributed by atoms with E-state index in [1.807, 2.05) is 6.20 Å². The Labute approximate surface area is 115 Å². The Morgan fingerprint density at radius 2 is 2.44 bits per heavy atom. The van der Waals surface area contributed by atoms with Crippen molar-refractivity contribution in [1.82, 2.24) is 9.88 Å². The SMILES string of the molecule is CCc1cnc(CN(C)C(=O)C2(O)CCSC2)s1. The number of hydrogen-bond donors (Lipinski definition) is 1. The minimum absolute atomic E-state index is 0.180. The lowest BCUT2D eigenvalue weighted by atomic mass is 10.0. The molecule has 1 atom stereocenters. The van der Waals surface area contributed by atoms with E-state index in [-0.39, 0.29) is 5.91 Å². The largest absolute Gasteiger partial charge is 0.379 e. The summed E-state index contributed by atoms with van der Waals surface area (Å²) < 4.78 is 0. The summed E-state index contributed by atoms with van der Waals surface area (Å²) in [4.78, 5) is 19.3. The average Bonchev–Trinajstić information content (AvgIpc) is 2.98. The standard InChI is InChI=1S/C12H18N2O2S2/c1-3-9-6-13-10(18-9)7-14(2)11(15)12(16)4-5-17-8-12/h6,16H,3-5,7-8H2,1-2H3. The molecule has 0 aromatic carbocycles.